The molecule has 4 aromatic rings. The summed E-state index contributed by atoms with van der Waals surface area (Å²) in [6.45, 7) is 2.13. The highest BCUT2D eigenvalue weighted by molar-refractivity contribution is 6.12. The molecule has 1 amide bonds. The van der Waals surface area contributed by atoms with Gasteiger partial charge in [0.1, 0.15) is 23.5 Å². The number of nitrogens with zero attached hydrogens (tertiary/aromatic N) is 6. The van der Waals surface area contributed by atoms with Gasteiger partial charge in [-0.15, -0.1) is 0 Å². The number of carbonyl (C=O) groups excluding carboxylic acids is 1. The Morgan fingerprint density at radius 3 is 2.62 bits per heavy atom. The Bertz CT molecular complexity index is 1300. The van der Waals surface area contributed by atoms with Crippen LogP contribution in [0.3, 0.4) is 0 Å². The minimum absolute atomic E-state index is 0.189. The van der Waals surface area contributed by atoms with E-state index >= 15 is 0 Å². The van der Waals surface area contributed by atoms with Gasteiger partial charge in [-0.1, -0.05) is 0 Å². The average molecular weight is 430 g/mol. The normalized spacial score (nSPS) is 14.2. The monoisotopic (exact) mass is 429 g/mol. The summed E-state index contributed by atoms with van der Waals surface area (Å²) in [6.07, 6.45) is 8.88. The van der Waals surface area contributed by atoms with E-state index in [1.165, 1.54) is 31.3 Å². The zero-order valence-electron chi connectivity index (χ0n) is 18.7. The summed E-state index contributed by atoms with van der Waals surface area (Å²) in [5.74, 6) is 0.594. The number of benzene rings is 1. The molecule has 1 N–H and O–H groups in total. The van der Waals surface area contributed by atoms with Crippen molar-refractivity contribution in [1.29, 1.82) is 0 Å². The SMILES string of the molecule is CN(C)c1ncnc2c1cc(C(=O)Nc1ccc(N3CCCCC3)c3ccncc13)n2C. The number of aryl methyl sites for hydroxylation is 1. The van der Waals surface area contributed by atoms with Crippen LogP contribution in [-0.4, -0.2) is 52.6 Å². The van der Waals surface area contributed by atoms with E-state index in [0.29, 0.717) is 5.69 Å². The van der Waals surface area contributed by atoms with Crippen LogP contribution in [0.1, 0.15) is 29.8 Å². The van der Waals surface area contributed by atoms with Crippen LogP contribution in [0.2, 0.25) is 0 Å². The fourth-order valence-corrected chi connectivity index (χ4v) is 4.58. The molecule has 8 nitrogen and oxygen atoms in total. The van der Waals surface area contributed by atoms with E-state index in [1.54, 1.807) is 0 Å². The first kappa shape index (κ1) is 20.2. The van der Waals surface area contributed by atoms with Crippen molar-refractivity contribution in [1.82, 2.24) is 19.5 Å². The maximum absolute atomic E-state index is 13.3. The molecule has 0 spiro atoms. The van der Waals surface area contributed by atoms with Gasteiger partial charge in [0.2, 0.25) is 0 Å². The molecule has 0 unspecified atom stereocenters. The molecule has 1 aromatic carbocycles. The van der Waals surface area contributed by atoms with E-state index in [9.17, 15) is 4.79 Å². The Morgan fingerprint density at radius 2 is 1.84 bits per heavy atom. The summed E-state index contributed by atoms with van der Waals surface area (Å²) >= 11 is 0. The van der Waals surface area contributed by atoms with Crippen molar-refractivity contribution < 1.29 is 4.79 Å². The molecular formula is C24H27N7O. The maximum atomic E-state index is 13.3. The lowest BCUT2D eigenvalue weighted by Crippen LogP contribution is -2.29. The number of pyridine rings is 1. The van der Waals surface area contributed by atoms with E-state index in [1.807, 2.05) is 61.2 Å². The van der Waals surface area contributed by atoms with Crippen molar-refractivity contribution in [2.24, 2.45) is 7.05 Å². The van der Waals surface area contributed by atoms with Crippen molar-refractivity contribution in [3.05, 3.63) is 48.7 Å². The summed E-state index contributed by atoms with van der Waals surface area (Å²) in [4.78, 5) is 30.7. The number of hydrogen-bond acceptors (Lipinski definition) is 6. The molecule has 164 valence electrons. The van der Waals surface area contributed by atoms with Crippen LogP contribution in [-0.2, 0) is 7.05 Å². The second kappa shape index (κ2) is 8.11. The van der Waals surface area contributed by atoms with E-state index < -0.39 is 0 Å². The number of carbonyl (C=O) groups is 1. The third-order valence-electron chi connectivity index (χ3n) is 6.20. The highest BCUT2D eigenvalue weighted by Gasteiger charge is 2.20. The standard InChI is InChI=1S/C24H27N7O/c1-29(2)22-17-13-21(30(3)23(17)27-15-26-22)24(32)28-19-7-8-20(31-11-5-4-6-12-31)16-9-10-25-14-18(16)19/h7-10,13-15H,4-6,11-12H2,1-3H3,(H,28,32). The van der Waals surface area contributed by atoms with Gasteiger partial charge in [-0.25, -0.2) is 9.97 Å². The Kier molecular flexibility index (Phi) is 5.13. The topological polar surface area (TPSA) is 79.2 Å². The van der Waals surface area contributed by atoms with E-state index in [2.05, 4.69) is 31.2 Å². The fourth-order valence-electron chi connectivity index (χ4n) is 4.58. The van der Waals surface area contributed by atoms with Crippen molar-refractivity contribution in [2.45, 2.75) is 19.3 Å². The number of amides is 1. The zero-order valence-corrected chi connectivity index (χ0v) is 18.7. The van der Waals surface area contributed by atoms with Crippen LogP contribution >= 0.6 is 0 Å². The van der Waals surface area contributed by atoms with Gasteiger partial charge < -0.3 is 19.7 Å². The van der Waals surface area contributed by atoms with Crippen molar-refractivity contribution >= 4 is 44.9 Å². The minimum Gasteiger partial charge on any atom is -0.371 e. The van der Waals surface area contributed by atoms with Crippen LogP contribution in [0.15, 0.2) is 43.0 Å². The highest BCUT2D eigenvalue weighted by Crippen LogP contribution is 2.34. The minimum atomic E-state index is -0.189. The first-order chi connectivity index (χ1) is 15.5. The molecule has 8 heteroatoms. The van der Waals surface area contributed by atoms with E-state index in [0.717, 1.165) is 46.4 Å². The number of aromatic nitrogens is 4. The van der Waals surface area contributed by atoms with Crippen LogP contribution in [0.25, 0.3) is 21.8 Å². The van der Waals surface area contributed by atoms with Crippen molar-refractivity contribution in [3.8, 4) is 0 Å². The number of anilines is 3. The number of nitrogens with one attached hydrogen (secondary N) is 1. The average Bonchev–Trinajstić information content (AvgIpc) is 3.16. The van der Waals surface area contributed by atoms with Gasteiger partial charge in [-0.3, -0.25) is 9.78 Å². The second-order valence-corrected chi connectivity index (χ2v) is 8.47. The van der Waals surface area contributed by atoms with Crippen molar-refractivity contribution in [3.63, 3.8) is 0 Å². The first-order valence-electron chi connectivity index (χ1n) is 11.0. The summed E-state index contributed by atoms with van der Waals surface area (Å²) < 4.78 is 1.81. The molecule has 1 aliphatic rings. The molecule has 0 radical (unpaired) electrons. The molecule has 0 saturated carbocycles. The Hall–Kier alpha value is -3.68. The quantitative estimate of drug-likeness (QED) is 0.531. The molecular weight excluding hydrogens is 402 g/mol. The predicted octanol–water partition coefficient (Wildman–Crippen LogP) is 3.83. The largest absolute Gasteiger partial charge is 0.371 e. The molecule has 0 atom stereocenters. The molecule has 4 heterocycles. The van der Waals surface area contributed by atoms with Gasteiger partial charge >= 0.3 is 0 Å². The molecule has 3 aromatic heterocycles. The summed E-state index contributed by atoms with van der Waals surface area (Å²) in [7, 11) is 5.71. The first-order valence-corrected chi connectivity index (χ1v) is 11.0. The van der Waals surface area contributed by atoms with Gasteiger partial charge in [0.25, 0.3) is 5.91 Å². The maximum Gasteiger partial charge on any atom is 0.272 e. The Morgan fingerprint density at radius 1 is 1.03 bits per heavy atom. The fraction of sp³-hybridized carbons (Fsp3) is 0.333. The zero-order chi connectivity index (χ0) is 22.2. The molecule has 5 rings (SSSR count). The van der Waals surface area contributed by atoms with Crippen LogP contribution < -0.4 is 15.1 Å². The lowest BCUT2D eigenvalue weighted by molar-refractivity contribution is 0.102. The lowest BCUT2D eigenvalue weighted by atomic mass is 10.0. The highest BCUT2D eigenvalue weighted by atomic mass is 16.1. The number of rotatable bonds is 4. The third-order valence-corrected chi connectivity index (χ3v) is 6.20. The molecule has 0 bridgehead atoms. The Balaban J connectivity index is 1.52. The third kappa shape index (κ3) is 3.41. The number of piperidine rings is 1. The van der Waals surface area contributed by atoms with E-state index in [4.69, 9.17) is 0 Å². The molecule has 0 aliphatic carbocycles. The number of hydrogen-bond donors (Lipinski definition) is 1. The van der Waals surface area contributed by atoms with Crippen LogP contribution in [0.5, 0.6) is 0 Å². The predicted molar refractivity (Wildman–Crippen MR) is 129 cm³/mol. The van der Waals surface area contributed by atoms with Gasteiger partial charge in [0.05, 0.1) is 11.1 Å². The van der Waals surface area contributed by atoms with Crippen molar-refractivity contribution in [2.75, 3.05) is 42.3 Å². The summed E-state index contributed by atoms with van der Waals surface area (Å²) in [5, 5.41) is 6.00. The molecule has 1 fully saturated rings. The number of fused-ring (bicyclic) bond motifs is 2. The Labute approximate surface area is 186 Å². The van der Waals surface area contributed by atoms with Gasteiger partial charge in [0, 0.05) is 63.1 Å². The van der Waals surface area contributed by atoms with Crippen LogP contribution in [0.4, 0.5) is 17.2 Å². The smallest absolute Gasteiger partial charge is 0.272 e. The second-order valence-electron chi connectivity index (χ2n) is 8.47. The van der Waals surface area contributed by atoms with Gasteiger partial charge in [-0.2, -0.15) is 0 Å². The van der Waals surface area contributed by atoms with Gasteiger partial charge in [-0.05, 0) is 43.5 Å². The van der Waals surface area contributed by atoms with Crippen LogP contribution in [0, 0.1) is 0 Å². The van der Waals surface area contributed by atoms with Gasteiger partial charge in [0.15, 0.2) is 0 Å². The lowest BCUT2D eigenvalue weighted by Gasteiger charge is -2.30. The molecule has 32 heavy (non-hydrogen) atoms. The molecule has 1 saturated heterocycles. The molecule has 1 aliphatic heterocycles. The summed E-state index contributed by atoms with van der Waals surface area (Å²) in [5.41, 5.74) is 3.21. The summed E-state index contributed by atoms with van der Waals surface area (Å²) in [6, 6.07) is 7.98. The van der Waals surface area contributed by atoms with E-state index in [-0.39, 0.29) is 5.91 Å².